The monoisotopic (exact) mass is 190 g/mol. The maximum absolute atomic E-state index is 2.18. The van der Waals surface area contributed by atoms with Crippen molar-refractivity contribution in [2.24, 2.45) is 0 Å². The van der Waals surface area contributed by atoms with Crippen LogP contribution >= 0.6 is 0 Å². The number of hydrogen-bond acceptors (Lipinski definition) is 0. The Labute approximate surface area is 74.2 Å². The van der Waals surface area contributed by atoms with Crippen LogP contribution in [-0.4, -0.2) is 0 Å². The summed E-state index contributed by atoms with van der Waals surface area (Å²) in [4.78, 5) is 0. The van der Waals surface area contributed by atoms with Gasteiger partial charge in [0.25, 0.3) is 0 Å². The first-order valence-electron chi connectivity index (χ1n) is 3.64. The zero-order chi connectivity index (χ0) is 7.94. The molecular formula is C10H12Ni. The van der Waals surface area contributed by atoms with Crippen molar-refractivity contribution in [2.75, 3.05) is 0 Å². The van der Waals surface area contributed by atoms with E-state index in [0.717, 1.165) is 6.42 Å². The molecule has 0 saturated heterocycles. The van der Waals surface area contributed by atoms with Crippen molar-refractivity contribution in [1.29, 1.82) is 0 Å². The molecule has 0 aromatic rings. The van der Waals surface area contributed by atoms with Gasteiger partial charge >= 0.3 is 73.8 Å². The molecule has 0 atom stereocenters. The van der Waals surface area contributed by atoms with Crippen LogP contribution < -0.4 is 0 Å². The van der Waals surface area contributed by atoms with Crippen LogP contribution in [0.4, 0.5) is 0 Å². The molecule has 0 fully saturated rings. The van der Waals surface area contributed by atoms with Crippen LogP contribution in [0.25, 0.3) is 0 Å². The summed E-state index contributed by atoms with van der Waals surface area (Å²) in [5.41, 5.74) is 0. The molecule has 0 aromatic heterocycles. The van der Waals surface area contributed by atoms with Gasteiger partial charge in [-0.1, -0.05) is 0 Å². The third-order valence-corrected chi connectivity index (χ3v) is 2.32. The van der Waals surface area contributed by atoms with Gasteiger partial charge in [0.2, 0.25) is 0 Å². The van der Waals surface area contributed by atoms with Gasteiger partial charge in [0.15, 0.2) is 0 Å². The van der Waals surface area contributed by atoms with Crippen molar-refractivity contribution in [3.8, 4) is 0 Å². The van der Waals surface area contributed by atoms with Crippen LogP contribution in [0.1, 0.15) is 13.3 Å². The molecule has 1 aliphatic rings. The van der Waals surface area contributed by atoms with E-state index in [2.05, 4.69) is 29.4 Å². The molecule has 1 rings (SSSR count). The summed E-state index contributed by atoms with van der Waals surface area (Å²) < 4.78 is 1.44. The first kappa shape index (κ1) is 8.55. The number of hydrogen-bond donors (Lipinski definition) is 0. The van der Waals surface area contributed by atoms with Crippen molar-refractivity contribution >= 4 is 0 Å². The van der Waals surface area contributed by atoms with Gasteiger partial charge in [0.05, 0.1) is 0 Å². The summed E-state index contributed by atoms with van der Waals surface area (Å²) in [5, 5.41) is 2.13. The Hall–Kier alpha value is -0.546. The zero-order valence-corrected chi connectivity index (χ0v) is 7.55. The molecule has 0 aromatic carbocycles. The van der Waals surface area contributed by atoms with Gasteiger partial charge in [0.1, 0.15) is 0 Å². The third-order valence-electron chi connectivity index (χ3n) is 1.24. The molecule has 1 aliphatic carbocycles. The third kappa shape index (κ3) is 3.39. The quantitative estimate of drug-likeness (QED) is 0.475. The molecule has 0 aliphatic heterocycles. The molecule has 0 spiro atoms. The second kappa shape index (κ2) is 5.15. The van der Waals surface area contributed by atoms with Crippen molar-refractivity contribution in [3.63, 3.8) is 0 Å². The van der Waals surface area contributed by atoms with Crippen molar-refractivity contribution in [2.45, 2.75) is 13.3 Å². The summed E-state index contributed by atoms with van der Waals surface area (Å²) in [6.07, 6.45) is 13.7. The molecule has 0 N–H and O–H groups in total. The molecule has 0 heterocycles. The van der Waals surface area contributed by atoms with E-state index in [1.54, 1.807) is 14.4 Å². The topological polar surface area (TPSA) is 0 Å². The normalized spacial score (nSPS) is 17.4. The Morgan fingerprint density at radius 3 is 3.00 bits per heavy atom. The standard InChI is InChI=1S/C5H5.C5H7.Ni/c1-2-4-5-3-1;1-3-5-4-2;/h1-3H,4H2;1,3-5H,2H3;. The van der Waals surface area contributed by atoms with Gasteiger partial charge in [-0.25, -0.2) is 0 Å². The zero-order valence-electron chi connectivity index (χ0n) is 6.56. The van der Waals surface area contributed by atoms with E-state index in [9.17, 15) is 0 Å². The Kier molecular flexibility index (Phi) is 4.00. The Bertz CT molecular complexity index is 219. The summed E-state index contributed by atoms with van der Waals surface area (Å²) in [6.45, 7) is 2.02. The van der Waals surface area contributed by atoms with Gasteiger partial charge in [-0.15, -0.1) is 0 Å². The first-order chi connectivity index (χ1) is 5.43. The van der Waals surface area contributed by atoms with Crippen LogP contribution in [-0.2, 0) is 14.4 Å². The summed E-state index contributed by atoms with van der Waals surface area (Å²) >= 11 is 1.62. The molecule has 0 amide bonds. The molecular weight excluding hydrogens is 179 g/mol. The van der Waals surface area contributed by atoms with E-state index < -0.39 is 0 Å². The summed E-state index contributed by atoms with van der Waals surface area (Å²) in [5.74, 6) is 0. The van der Waals surface area contributed by atoms with E-state index in [1.165, 1.54) is 4.54 Å². The minimum absolute atomic E-state index is 1.11. The molecule has 1 heteroatoms. The van der Waals surface area contributed by atoms with Gasteiger partial charge in [0, 0.05) is 0 Å². The predicted molar refractivity (Wildman–Crippen MR) is 45.8 cm³/mol. The van der Waals surface area contributed by atoms with Gasteiger partial charge in [-0.05, 0) is 0 Å². The number of rotatable bonds is 3. The van der Waals surface area contributed by atoms with E-state index in [4.69, 9.17) is 0 Å². The molecule has 62 valence electrons. The van der Waals surface area contributed by atoms with Crippen LogP contribution in [0.15, 0.2) is 46.0 Å². The second-order valence-electron chi connectivity index (χ2n) is 2.12. The molecule has 0 nitrogen and oxygen atoms in total. The Balaban J connectivity index is 2.22. The average molecular weight is 191 g/mol. The van der Waals surface area contributed by atoms with E-state index in [-0.39, 0.29) is 0 Å². The summed E-state index contributed by atoms with van der Waals surface area (Å²) in [7, 11) is 0. The van der Waals surface area contributed by atoms with Crippen LogP contribution in [0.5, 0.6) is 0 Å². The first-order valence-corrected chi connectivity index (χ1v) is 4.70. The fraction of sp³-hybridized carbons (Fsp3) is 0.200. The van der Waals surface area contributed by atoms with Crippen LogP contribution in [0.3, 0.4) is 0 Å². The average Bonchev–Trinajstić information content (AvgIpc) is 2.50. The van der Waals surface area contributed by atoms with Crippen LogP contribution in [0.2, 0.25) is 0 Å². The maximum atomic E-state index is 2.18. The molecule has 0 saturated carbocycles. The van der Waals surface area contributed by atoms with Crippen molar-refractivity contribution in [3.05, 3.63) is 46.0 Å². The SMILES string of the molecule is CC=CC=[CH][Ni][C]1=CC=CC1. The van der Waals surface area contributed by atoms with Crippen molar-refractivity contribution in [1.82, 2.24) is 0 Å². The Morgan fingerprint density at radius 1 is 1.45 bits per heavy atom. The minimum atomic E-state index is 1.11. The van der Waals surface area contributed by atoms with Gasteiger partial charge in [-0.3, -0.25) is 0 Å². The second-order valence-corrected chi connectivity index (χ2v) is 3.37. The summed E-state index contributed by atoms with van der Waals surface area (Å²) in [6, 6.07) is 0. The fourth-order valence-electron chi connectivity index (χ4n) is 0.720. The van der Waals surface area contributed by atoms with Gasteiger partial charge in [-0.2, -0.15) is 0 Å². The van der Waals surface area contributed by atoms with E-state index in [1.807, 2.05) is 19.1 Å². The van der Waals surface area contributed by atoms with Gasteiger partial charge < -0.3 is 0 Å². The molecule has 11 heavy (non-hydrogen) atoms. The van der Waals surface area contributed by atoms with E-state index >= 15 is 0 Å². The Morgan fingerprint density at radius 2 is 2.36 bits per heavy atom. The van der Waals surface area contributed by atoms with E-state index in [0.29, 0.717) is 0 Å². The molecule has 0 unspecified atom stereocenters. The predicted octanol–water partition coefficient (Wildman–Crippen LogP) is 3.00. The van der Waals surface area contributed by atoms with Crippen molar-refractivity contribution < 1.29 is 14.4 Å². The number of allylic oxidation sites excluding steroid dienone is 7. The van der Waals surface area contributed by atoms with Crippen LogP contribution in [0, 0.1) is 0 Å². The fourth-order valence-corrected chi connectivity index (χ4v) is 1.56. The molecule has 0 bridgehead atoms. The molecule has 0 radical (unpaired) electrons.